The quantitative estimate of drug-likeness (QED) is 0.783. The minimum absolute atomic E-state index is 0.0169. The van der Waals surface area contributed by atoms with Gasteiger partial charge < -0.3 is 10.1 Å². The molecule has 3 amide bonds. The minimum atomic E-state index is -0.651. The Balaban J connectivity index is 1.46. The van der Waals surface area contributed by atoms with Gasteiger partial charge in [0.25, 0.3) is 5.91 Å². The molecule has 4 rings (SSSR count). The van der Waals surface area contributed by atoms with Gasteiger partial charge in [0.1, 0.15) is 11.3 Å². The van der Waals surface area contributed by atoms with Gasteiger partial charge in [0, 0.05) is 12.6 Å². The number of nitrogens with one attached hydrogen (secondary N) is 1. The molecule has 152 valence electrons. The van der Waals surface area contributed by atoms with Crippen molar-refractivity contribution >= 4 is 11.9 Å². The molecule has 1 atom stereocenters. The summed E-state index contributed by atoms with van der Waals surface area (Å²) in [6.07, 6.45) is 7.99. The van der Waals surface area contributed by atoms with E-state index in [1.54, 1.807) is 0 Å². The lowest BCUT2D eigenvalue weighted by atomic mass is 9.90. The maximum atomic E-state index is 13.2. The Morgan fingerprint density at radius 1 is 1.07 bits per heavy atom. The van der Waals surface area contributed by atoms with Crippen LogP contribution in [-0.4, -0.2) is 47.1 Å². The van der Waals surface area contributed by atoms with Gasteiger partial charge in [-0.3, -0.25) is 9.69 Å². The maximum Gasteiger partial charge on any atom is 0.326 e. The van der Waals surface area contributed by atoms with Crippen molar-refractivity contribution in [1.82, 2.24) is 15.1 Å². The highest BCUT2D eigenvalue weighted by Crippen LogP contribution is 2.36. The summed E-state index contributed by atoms with van der Waals surface area (Å²) in [5, 5.41) is 3.05. The standard InChI is InChI=1S/C22H31N3O3/c1-2-28-18-11-9-17(10-12-18)19-8-7-15-24(19)16-25-20(26)22(23-21(25)27)13-5-3-4-6-14-22/h9-12,19H,2-8,13-16H2,1H3,(H,23,27). The summed E-state index contributed by atoms with van der Waals surface area (Å²) in [6.45, 7) is 3.92. The Morgan fingerprint density at radius 3 is 2.46 bits per heavy atom. The number of carbonyl (C=O) groups is 2. The van der Waals surface area contributed by atoms with Crippen molar-refractivity contribution in [3.05, 3.63) is 29.8 Å². The Morgan fingerprint density at radius 2 is 1.79 bits per heavy atom. The predicted molar refractivity (Wildman–Crippen MR) is 107 cm³/mol. The molecule has 1 aromatic rings. The molecular formula is C22H31N3O3. The smallest absolute Gasteiger partial charge is 0.326 e. The first-order chi connectivity index (χ1) is 13.6. The molecule has 6 heteroatoms. The molecule has 2 aliphatic heterocycles. The van der Waals surface area contributed by atoms with Gasteiger partial charge in [-0.15, -0.1) is 0 Å². The number of urea groups is 1. The van der Waals surface area contributed by atoms with E-state index in [2.05, 4.69) is 22.3 Å². The number of amides is 3. The van der Waals surface area contributed by atoms with E-state index in [9.17, 15) is 9.59 Å². The van der Waals surface area contributed by atoms with Crippen molar-refractivity contribution < 1.29 is 14.3 Å². The molecular weight excluding hydrogens is 354 g/mol. The number of hydrogen-bond acceptors (Lipinski definition) is 4. The zero-order chi connectivity index (χ0) is 19.6. The number of rotatable bonds is 5. The Hall–Kier alpha value is -2.08. The van der Waals surface area contributed by atoms with Crippen LogP contribution in [0.4, 0.5) is 4.79 Å². The van der Waals surface area contributed by atoms with E-state index >= 15 is 0 Å². The molecule has 28 heavy (non-hydrogen) atoms. The van der Waals surface area contributed by atoms with Crippen LogP contribution in [0.3, 0.4) is 0 Å². The first kappa shape index (κ1) is 19.2. The number of carbonyl (C=O) groups excluding carboxylic acids is 2. The molecule has 0 aromatic heterocycles. The molecule has 2 heterocycles. The van der Waals surface area contributed by atoms with Crippen LogP contribution < -0.4 is 10.1 Å². The molecule has 0 bridgehead atoms. The SMILES string of the molecule is CCOc1ccc(C2CCCN2CN2C(=O)NC3(CCCCCC3)C2=O)cc1. The van der Waals surface area contributed by atoms with Crippen molar-refractivity contribution in [2.75, 3.05) is 19.8 Å². The van der Waals surface area contributed by atoms with Crippen LogP contribution in [0.15, 0.2) is 24.3 Å². The summed E-state index contributed by atoms with van der Waals surface area (Å²) in [4.78, 5) is 29.6. The van der Waals surface area contributed by atoms with Crippen molar-refractivity contribution in [2.24, 2.45) is 0 Å². The first-order valence-electron chi connectivity index (χ1n) is 10.7. The first-order valence-corrected chi connectivity index (χ1v) is 10.7. The molecule has 1 saturated carbocycles. The van der Waals surface area contributed by atoms with E-state index < -0.39 is 5.54 Å². The minimum Gasteiger partial charge on any atom is -0.494 e. The monoisotopic (exact) mass is 385 g/mol. The fourth-order valence-corrected chi connectivity index (χ4v) is 4.98. The summed E-state index contributed by atoms with van der Waals surface area (Å²) in [6, 6.07) is 8.23. The molecule has 1 unspecified atom stereocenters. The number of likely N-dealkylation sites (tertiary alicyclic amines) is 1. The van der Waals surface area contributed by atoms with Crippen molar-refractivity contribution in [2.45, 2.75) is 69.9 Å². The highest BCUT2D eigenvalue weighted by molar-refractivity contribution is 6.07. The van der Waals surface area contributed by atoms with Crippen molar-refractivity contribution in [3.8, 4) is 5.75 Å². The fraction of sp³-hybridized carbons (Fsp3) is 0.636. The second-order valence-electron chi connectivity index (χ2n) is 8.27. The fourth-order valence-electron chi connectivity index (χ4n) is 4.98. The largest absolute Gasteiger partial charge is 0.494 e. The molecule has 2 saturated heterocycles. The Kier molecular flexibility index (Phi) is 5.58. The molecule has 6 nitrogen and oxygen atoms in total. The highest BCUT2D eigenvalue weighted by Gasteiger charge is 2.51. The van der Waals surface area contributed by atoms with E-state index in [1.165, 1.54) is 10.5 Å². The summed E-state index contributed by atoms with van der Waals surface area (Å²) in [7, 11) is 0. The van der Waals surface area contributed by atoms with Crippen molar-refractivity contribution in [1.29, 1.82) is 0 Å². The molecule has 1 spiro atoms. The summed E-state index contributed by atoms with van der Waals surface area (Å²) in [5.74, 6) is 0.858. The Bertz CT molecular complexity index is 710. The second-order valence-corrected chi connectivity index (χ2v) is 8.27. The lowest BCUT2D eigenvalue weighted by Gasteiger charge is -2.29. The topological polar surface area (TPSA) is 61.9 Å². The lowest BCUT2D eigenvalue weighted by molar-refractivity contribution is -0.133. The number of ether oxygens (including phenoxy) is 1. The molecule has 1 aliphatic carbocycles. The summed E-state index contributed by atoms with van der Waals surface area (Å²) >= 11 is 0. The molecule has 1 N–H and O–H groups in total. The zero-order valence-corrected chi connectivity index (χ0v) is 16.8. The number of benzene rings is 1. The van der Waals surface area contributed by atoms with Crippen LogP contribution in [0.1, 0.15) is 69.9 Å². The summed E-state index contributed by atoms with van der Waals surface area (Å²) < 4.78 is 5.54. The third-order valence-corrected chi connectivity index (χ3v) is 6.47. The van der Waals surface area contributed by atoms with Crippen LogP contribution >= 0.6 is 0 Å². The normalized spacial score (nSPS) is 25.2. The molecule has 1 aromatic carbocycles. The van der Waals surface area contributed by atoms with E-state index in [0.29, 0.717) is 13.3 Å². The molecule has 3 fully saturated rings. The van der Waals surface area contributed by atoms with E-state index in [0.717, 1.165) is 63.7 Å². The highest BCUT2D eigenvalue weighted by atomic mass is 16.5. The van der Waals surface area contributed by atoms with E-state index in [-0.39, 0.29) is 18.0 Å². The molecule has 3 aliphatic rings. The number of nitrogens with zero attached hydrogens (tertiary/aromatic N) is 2. The summed E-state index contributed by atoms with van der Waals surface area (Å²) in [5.41, 5.74) is 0.569. The van der Waals surface area contributed by atoms with Crippen LogP contribution in [0.25, 0.3) is 0 Å². The van der Waals surface area contributed by atoms with Gasteiger partial charge in [-0.2, -0.15) is 0 Å². The maximum absolute atomic E-state index is 13.2. The van der Waals surface area contributed by atoms with E-state index in [4.69, 9.17) is 4.74 Å². The van der Waals surface area contributed by atoms with Crippen LogP contribution in [0.5, 0.6) is 5.75 Å². The van der Waals surface area contributed by atoms with Crippen LogP contribution in [0.2, 0.25) is 0 Å². The third-order valence-electron chi connectivity index (χ3n) is 6.47. The third kappa shape index (κ3) is 3.62. The van der Waals surface area contributed by atoms with E-state index in [1.807, 2.05) is 19.1 Å². The average Bonchev–Trinajstić information content (AvgIpc) is 3.14. The van der Waals surface area contributed by atoms with Crippen molar-refractivity contribution in [3.63, 3.8) is 0 Å². The predicted octanol–water partition coefficient (Wildman–Crippen LogP) is 3.82. The van der Waals surface area contributed by atoms with Gasteiger partial charge in [-0.25, -0.2) is 9.69 Å². The number of imide groups is 1. The zero-order valence-electron chi connectivity index (χ0n) is 16.8. The van der Waals surface area contributed by atoms with Gasteiger partial charge >= 0.3 is 6.03 Å². The van der Waals surface area contributed by atoms with Crippen LogP contribution in [0, 0.1) is 0 Å². The van der Waals surface area contributed by atoms with Gasteiger partial charge in [0.05, 0.1) is 13.3 Å². The number of hydrogen-bond donors (Lipinski definition) is 1. The second kappa shape index (κ2) is 8.11. The molecule has 0 radical (unpaired) electrons. The van der Waals surface area contributed by atoms with Gasteiger partial charge in [-0.05, 0) is 50.3 Å². The average molecular weight is 386 g/mol. The lowest BCUT2D eigenvalue weighted by Crippen LogP contribution is -2.47. The van der Waals surface area contributed by atoms with Gasteiger partial charge in [0.15, 0.2) is 0 Å². The van der Waals surface area contributed by atoms with Gasteiger partial charge in [0.2, 0.25) is 0 Å². The Labute approximate surface area is 167 Å². The van der Waals surface area contributed by atoms with Gasteiger partial charge in [-0.1, -0.05) is 37.8 Å². The van der Waals surface area contributed by atoms with Crippen LogP contribution in [-0.2, 0) is 4.79 Å².